The van der Waals surface area contributed by atoms with E-state index in [4.69, 9.17) is 0 Å². The highest BCUT2D eigenvalue weighted by atomic mass is 19.4. The van der Waals surface area contributed by atoms with E-state index in [1.807, 2.05) is 81.9 Å². The molecule has 0 spiro atoms. The van der Waals surface area contributed by atoms with Crippen LogP contribution >= 0.6 is 0 Å². The smallest absolute Gasteiger partial charge is 0.308 e. The van der Waals surface area contributed by atoms with Gasteiger partial charge in [0.15, 0.2) is 23.3 Å². The Morgan fingerprint density at radius 2 is 0.729 bits per heavy atom. The minimum Gasteiger partial charge on any atom is -0.308 e. The SMILES string of the molecule is N#Cc1cc(-n2c3ccc(-c4ncccn4)cc3c3cc(-c4ncccn4)ccc32)c(-c2c(C#N)cccc2C(F)(F)F)c(-n2c3ccc(-c4ncccn4)cc3c3cc(-c4ncccn4)ccc32)c1. The van der Waals surface area contributed by atoms with Crippen LogP contribution in [-0.2, 0) is 6.18 Å². The molecule has 15 heteroatoms. The number of aromatic nitrogens is 10. The Labute approximate surface area is 395 Å². The van der Waals surface area contributed by atoms with Gasteiger partial charge >= 0.3 is 6.18 Å². The highest BCUT2D eigenvalue weighted by Gasteiger charge is 2.37. The second-order valence-corrected chi connectivity index (χ2v) is 16.2. The molecule has 12 rings (SSSR count). The van der Waals surface area contributed by atoms with Crippen LogP contribution in [0.15, 0.2) is 177 Å². The number of alkyl halides is 3. The minimum absolute atomic E-state index is 0.0537. The van der Waals surface area contributed by atoms with Crippen LogP contribution in [0.4, 0.5) is 13.2 Å². The maximum absolute atomic E-state index is 15.8. The second-order valence-electron chi connectivity index (χ2n) is 16.2. The van der Waals surface area contributed by atoms with Crippen LogP contribution in [0.1, 0.15) is 16.7 Å². The summed E-state index contributed by atoms with van der Waals surface area (Å²) >= 11 is 0. The largest absolute Gasteiger partial charge is 0.417 e. The number of nitriles is 2. The Kier molecular flexibility index (Phi) is 9.71. The van der Waals surface area contributed by atoms with Gasteiger partial charge in [0.1, 0.15) is 0 Å². The molecular formula is C55H29F3N12. The van der Waals surface area contributed by atoms with Crippen LogP contribution in [-0.4, -0.2) is 49.0 Å². The Morgan fingerprint density at radius 1 is 0.386 bits per heavy atom. The van der Waals surface area contributed by atoms with Gasteiger partial charge in [-0.1, -0.05) is 6.07 Å². The summed E-state index contributed by atoms with van der Waals surface area (Å²) < 4.78 is 51.0. The summed E-state index contributed by atoms with van der Waals surface area (Å²) in [4.78, 5) is 36.0. The predicted molar refractivity (Wildman–Crippen MR) is 259 cm³/mol. The van der Waals surface area contributed by atoms with Crippen molar-refractivity contribution in [2.45, 2.75) is 6.18 Å². The van der Waals surface area contributed by atoms with E-state index in [1.54, 1.807) is 86.0 Å². The highest BCUT2D eigenvalue weighted by molar-refractivity contribution is 6.14. The van der Waals surface area contributed by atoms with E-state index < -0.39 is 11.7 Å². The molecule has 0 atom stereocenters. The van der Waals surface area contributed by atoms with Gasteiger partial charge in [-0.15, -0.1) is 0 Å². The van der Waals surface area contributed by atoms with Gasteiger partial charge < -0.3 is 9.13 Å². The molecular weight excluding hydrogens is 886 g/mol. The molecule has 0 aliphatic rings. The third-order valence-corrected chi connectivity index (χ3v) is 12.3. The molecule has 0 aliphatic carbocycles. The van der Waals surface area contributed by atoms with Gasteiger partial charge in [-0.3, -0.25) is 0 Å². The molecule has 6 aromatic heterocycles. The van der Waals surface area contributed by atoms with Gasteiger partial charge in [0.25, 0.3) is 0 Å². The monoisotopic (exact) mass is 914 g/mol. The van der Waals surface area contributed by atoms with E-state index in [0.717, 1.165) is 6.07 Å². The Bertz CT molecular complexity index is 3710. The number of rotatable bonds is 7. The standard InChI is InChI=1S/C55H29F3N12/c56-55(57,58)42-7-1-6-37(31-60)49(42)50-47(69-43-12-8-33(51-61-16-2-17-62-51)26-38(43)39-27-34(9-13-44(39)69)52-63-18-3-19-64-52)24-32(30-59)25-48(50)70-45-14-10-35(53-65-20-4-21-66-53)28-40(45)41-29-36(11-15-46(41)70)54-67-22-5-23-68-54/h1-29H. The average molecular weight is 915 g/mol. The van der Waals surface area contributed by atoms with Crippen LogP contribution in [0.5, 0.6) is 0 Å². The first-order valence-corrected chi connectivity index (χ1v) is 21.7. The van der Waals surface area contributed by atoms with Crippen molar-refractivity contribution in [2.75, 3.05) is 0 Å². The van der Waals surface area contributed by atoms with Crippen LogP contribution in [0.3, 0.4) is 0 Å². The van der Waals surface area contributed by atoms with Crippen LogP contribution < -0.4 is 0 Å². The minimum atomic E-state index is -4.92. The maximum atomic E-state index is 15.8. The summed E-state index contributed by atoms with van der Waals surface area (Å²) in [5, 5.41) is 24.6. The molecule has 0 saturated carbocycles. The summed E-state index contributed by atoms with van der Waals surface area (Å²) in [5.41, 5.74) is 4.17. The molecule has 0 N–H and O–H groups in total. The van der Waals surface area contributed by atoms with Gasteiger partial charge in [0.05, 0.1) is 62.3 Å². The fraction of sp³-hybridized carbons (Fsp3) is 0.0182. The lowest BCUT2D eigenvalue weighted by Gasteiger charge is -2.24. The van der Waals surface area contributed by atoms with E-state index in [9.17, 15) is 10.5 Å². The van der Waals surface area contributed by atoms with E-state index in [2.05, 4.69) is 52.0 Å². The first-order valence-electron chi connectivity index (χ1n) is 21.7. The van der Waals surface area contributed by atoms with Crippen molar-refractivity contribution in [2.24, 2.45) is 0 Å². The fourth-order valence-corrected chi connectivity index (χ4v) is 9.35. The van der Waals surface area contributed by atoms with Crippen LogP contribution in [0.25, 0.3) is 112 Å². The normalized spacial score (nSPS) is 11.6. The van der Waals surface area contributed by atoms with Gasteiger partial charge in [-0.25, -0.2) is 39.9 Å². The van der Waals surface area contributed by atoms with Gasteiger partial charge in [0, 0.05) is 105 Å². The molecule has 0 radical (unpaired) electrons. The van der Waals surface area contributed by atoms with Gasteiger partial charge in [-0.2, -0.15) is 23.7 Å². The third-order valence-electron chi connectivity index (χ3n) is 12.3. The summed E-state index contributed by atoms with van der Waals surface area (Å²) in [5.74, 6) is 1.87. The lowest BCUT2D eigenvalue weighted by atomic mass is 9.90. The molecule has 6 aromatic carbocycles. The zero-order valence-corrected chi connectivity index (χ0v) is 36.2. The predicted octanol–water partition coefficient (Wildman–Crippen LogP) is 12.1. The summed E-state index contributed by atoms with van der Waals surface area (Å²) in [7, 11) is 0. The molecule has 0 saturated heterocycles. The number of halogens is 3. The number of hydrogen-bond acceptors (Lipinski definition) is 10. The molecule has 12 nitrogen and oxygen atoms in total. The molecule has 0 amide bonds. The van der Waals surface area contributed by atoms with Crippen molar-refractivity contribution < 1.29 is 13.2 Å². The molecule has 12 aromatic rings. The molecule has 70 heavy (non-hydrogen) atoms. The van der Waals surface area contributed by atoms with Crippen molar-refractivity contribution in [1.29, 1.82) is 10.5 Å². The lowest BCUT2D eigenvalue weighted by Crippen LogP contribution is -2.12. The summed E-state index contributed by atoms with van der Waals surface area (Å²) in [6, 6.07) is 40.7. The number of fused-ring (bicyclic) bond motifs is 6. The van der Waals surface area contributed by atoms with Crippen molar-refractivity contribution in [3.63, 3.8) is 0 Å². The van der Waals surface area contributed by atoms with E-state index in [-0.39, 0.29) is 33.6 Å². The fourth-order valence-electron chi connectivity index (χ4n) is 9.35. The first-order chi connectivity index (χ1) is 34.3. The third kappa shape index (κ3) is 6.84. The second kappa shape index (κ2) is 16.4. The topological polar surface area (TPSA) is 161 Å². The summed E-state index contributed by atoms with van der Waals surface area (Å²) in [6.45, 7) is 0. The van der Waals surface area contributed by atoms with Crippen molar-refractivity contribution in [3.05, 3.63) is 194 Å². The maximum Gasteiger partial charge on any atom is 0.417 e. The van der Waals surface area contributed by atoms with Crippen molar-refractivity contribution in [1.82, 2.24) is 49.0 Å². The average Bonchev–Trinajstić information content (AvgIpc) is 3.92. The first kappa shape index (κ1) is 41.4. The van der Waals surface area contributed by atoms with E-state index in [1.165, 1.54) is 12.1 Å². The van der Waals surface area contributed by atoms with E-state index in [0.29, 0.717) is 89.2 Å². The van der Waals surface area contributed by atoms with Gasteiger partial charge in [-0.05, 0) is 121 Å². The Hall–Kier alpha value is -9.99. The van der Waals surface area contributed by atoms with E-state index >= 15 is 13.2 Å². The molecule has 0 aliphatic heterocycles. The van der Waals surface area contributed by atoms with Gasteiger partial charge in [0.2, 0.25) is 0 Å². The number of hydrogen-bond donors (Lipinski definition) is 0. The molecule has 0 bridgehead atoms. The number of nitrogens with zero attached hydrogens (tertiary/aromatic N) is 12. The molecule has 0 fully saturated rings. The quantitative estimate of drug-likeness (QED) is 0.150. The molecule has 6 heterocycles. The van der Waals surface area contributed by atoms with Crippen LogP contribution in [0.2, 0.25) is 0 Å². The highest BCUT2D eigenvalue weighted by Crippen LogP contribution is 2.48. The number of benzene rings is 6. The van der Waals surface area contributed by atoms with Crippen molar-refractivity contribution >= 4 is 43.6 Å². The lowest BCUT2D eigenvalue weighted by molar-refractivity contribution is -0.137. The summed E-state index contributed by atoms with van der Waals surface area (Å²) in [6.07, 6.45) is 8.25. The molecule has 0 unspecified atom stereocenters. The molecule has 330 valence electrons. The Balaban J connectivity index is 1.25. The van der Waals surface area contributed by atoms with Crippen LogP contribution in [0, 0.1) is 22.7 Å². The van der Waals surface area contributed by atoms with Crippen molar-refractivity contribution in [3.8, 4) is 80.2 Å². The zero-order valence-electron chi connectivity index (χ0n) is 36.2. The zero-order chi connectivity index (χ0) is 47.5. The Morgan fingerprint density at radius 3 is 1.03 bits per heavy atom.